The monoisotopic (exact) mass is 283 g/mol. The minimum Gasteiger partial charge on any atom is -0.334 e. The normalized spacial score (nSPS) is 19.4. The van der Waals surface area contributed by atoms with Crippen LogP contribution in [0.25, 0.3) is 0 Å². The van der Waals surface area contributed by atoms with Crippen LogP contribution in [0.2, 0.25) is 0 Å². The summed E-state index contributed by atoms with van der Waals surface area (Å²) in [5.74, 6) is -0.0851. The van der Waals surface area contributed by atoms with Crippen molar-refractivity contribution in [2.24, 2.45) is 0 Å². The summed E-state index contributed by atoms with van der Waals surface area (Å²) in [5.41, 5.74) is 0. The highest BCUT2D eigenvalue weighted by Crippen LogP contribution is 2.27. The van der Waals surface area contributed by atoms with Crippen LogP contribution in [0.3, 0.4) is 0 Å². The Balaban J connectivity index is 2.13. The van der Waals surface area contributed by atoms with Gasteiger partial charge in [0.05, 0.1) is 9.80 Å². The highest BCUT2D eigenvalue weighted by Gasteiger charge is 2.28. The first-order chi connectivity index (χ1) is 9.13. The fourth-order valence-corrected chi connectivity index (χ4v) is 3.17. The standard InChI is InChI=1S/C12H17N3O3S/c1-13-8-9-4-2-3-7-14(9)12(16)10-5-6-11(19-10)15(17)18/h5-6,9,13H,2-4,7-8H2,1H3. The molecule has 2 rings (SSSR count). The molecule has 1 aromatic rings. The third kappa shape index (κ3) is 3.10. The zero-order chi connectivity index (χ0) is 13.8. The van der Waals surface area contributed by atoms with Gasteiger partial charge in [-0.2, -0.15) is 0 Å². The van der Waals surface area contributed by atoms with Gasteiger partial charge in [-0.1, -0.05) is 11.3 Å². The quantitative estimate of drug-likeness (QED) is 0.676. The number of likely N-dealkylation sites (N-methyl/N-ethyl adjacent to an activating group) is 1. The number of likely N-dealkylation sites (tertiary alicyclic amines) is 1. The molecule has 0 bridgehead atoms. The SMILES string of the molecule is CNCC1CCCCN1C(=O)c1ccc([N+](=O)[O-])s1. The average molecular weight is 283 g/mol. The second-order valence-electron chi connectivity index (χ2n) is 4.60. The lowest BCUT2D eigenvalue weighted by atomic mass is 10.0. The van der Waals surface area contributed by atoms with Crippen LogP contribution in [0.1, 0.15) is 28.9 Å². The molecule has 1 amide bonds. The van der Waals surface area contributed by atoms with Crippen molar-refractivity contribution in [2.75, 3.05) is 20.1 Å². The smallest absolute Gasteiger partial charge is 0.324 e. The number of carbonyl (C=O) groups excluding carboxylic acids is 1. The summed E-state index contributed by atoms with van der Waals surface area (Å²) in [5, 5.41) is 13.8. The van der Waals surface area contributed by atoms with Crippen molar-refractivity contribution in [1.82, 2.24) is 10.2 Å². The molecule has 1 N–H and O–H groups in total. The molecule has 1 saturated heterocycles. The van der Waals surface area contributed by atoms with E-state index in [9.17, 15) is 14.9 Å². The summed E-state index contributed by atoms with van der Waals surface area (Å²) in [6, 6.07) is 3.14. The van der Waals surface area contributed by atoms with Crippen LogP contribution in [0.4, 0.5) is 5.00 Å². The van der Waals surface area contributed by atoms with Crippen molar-refractivity contribution in [3.63, 3.8) is 0 Å². The van der Waals surface area contributed by atoms with Gasteiger partial charge < -0.3 is 10.2 Å². The van der Waals surface area contributed by atoms with Crippen LogP contribution in [0.15, 0.2) is 12.1 Å². The van der Waals surface area contributed by atoms with Crippen LogP contribution in [0.5, 0.6) is 0 Å². The van der Waals surface area contributed by atoms with Crippen molar-refractivity contribution in [3.8, 4) is 0 Å². The summed E-state index contributed by atoms with van der Waals surface area (Å²) in [6.45, 7) is 1.50. The summed E-state index contributed by atoms with van der Waals surface area (Å²) in [4.78, 5) is 24.9. The molecule has 1 aliphatic heterocycles. The van der Waals surface area contributed by atoms with Crippen LogP contribution in [-0.2, 0) is 0 Å². The molecule has 1 aliphatic rings. The van der Waals surface area contributed by atoms with Gasteiger partial charge in [-0.3, -0.25) is 14.9 Å². The maximum Gasteiger partial charge on any atom is 0.324 e. The van der Waals surface area contributed by atoms with Gasteiger partial charge in [-0.15, -0.1) is 0 Å². The van der Waals surface area contributed by atoms with E-state index in [4.69, 9.17) is 0 Å². The number of amides is 1. The van der Waals surface area contributed by atoms with Crippen molar-refractivity contribution in [1.29, 1.82) is 0 Å². The predicted molar refractivity (Wildman–Crippen MR) is 73.6 cm³/mol. The molecule has 19 heavy (non-hydrogen) atoms. The maximum absolute atomic E-state index is 12.4. The van der Waals surface area contributed by atoms with Crippen molar-refractivity contribution < 1.29 is 9.72 Å². The molecule has 0 saturated carbocycles. The van der Waals surface area contributed by atoms with E-state index in [1.807, 2.05) is 11.9 Å². The Kier molecular flexibility index (Phi) is 4.49. The van der Waals surface area contributed by atoms with E-state index in [0.717, 1.165) is 43.7 Å². The topological polar surface area (TPSA) is 75.5 Å². The van der Waals surface area contributed by atoms with Gasteiger partial charge in [-0.25, -0.2) is 0 Å². The lowest BCUT2D eigenvalue weighted by Gasteiger charge is -2.35. The Hall–Kier alpha value is -1.47. The molecule has 1 unspecified atom stereocenters. The van der Waals surface area contributed by atoms with Crippen molar-refractivity contribution >= 4 is 22.2 Å². The van der Waals surface area contributed by atoms with Crippen LogP contribution in [-0.4, -0.2) is 41.9 Å². The molecule has 7 heteroatoms. The van der Waals surface area contributed by atoms with Gasteiger partial charge in [0.15, 0.2) is 0 Å². The molecular formula is C12H17N3O3S. The summed E-state index contributed by atoms with van der Waals surface area (Å²) in [7, 11) is 1.87. The molecule has 0 radical (unpaired) electrons. The van der Waals surface area contributed by atoms with Gasteiger partial charge in [0.1, 0.15) is 0 Å². The number of nitro groups is 1. The third-order valence-electron chi connectivity index (χ3n) is 3.31. The minimum atomic E-state index is -0.456. The lowest BCUT2D eigenvalue weighted by Crippen LogP contribution is -2.47. The molecule has 104 valence electrons. The number of piperidine rings is 1. The summed E-state index contributed by atoms with van der Waals surface area (Å²) >= 11 is 0.952. The maximum atomic E-state index is 12.4. The van der Waals surface area contributed by atoms with Gasteiger partial charge in [0, 0.05) is 25.2 Å². The molecule has 1 fully saturated rings. The van der Waals surface area contributed by atoms with E-state index in [2.05, 4.69) is 5.32 Å². The number of hydrogen-bond acceptors (Lipinski definition) is 5. The molecule has 1 aromatic heterocycles. The Labute approximate surface area is 115 Å². The largest absolute Gasteiger partial charge is 0.334 e. The number of nitrogens with one attached hydrogen (secondary N) is 1. The van der Waals surface area contributed by atoms with Gasteiger partial charge in [0.25, 0.3) is 5.91 Å². The number of hydrogen-bond donors (Lipinski definition) is 1. The van der Waals surface area contributed by atoms with Crippen LogP contribution in [0, 0.1) is 10.1 Å². The first kappa shape index (κ1) is 14.0. The van der Waals surface area contributed by atoms with Crippen LogP contribution >= 0.6 is 11.3 Å². The summed E-state index contributed by atoms with van der Waals surface area (Å²) in [6.07, 6.45) is 3.11. The van der Waals surface area contributed by atoms with Crippen molar-refractivity contribution in [3.05, 3.63) is 27.1 Å². The number of carbonyl (C=O) groups is 1. The molecule has 1 atom stereocenters. The molecule has 2 heterocycles. The predicted octanol–water partition coefficient (Wildman–Crippen LogP) is 1.87. The molecule has 6 nitrogen and oxygen atoms in total. The third-order valence-corrected chi connectivity index (χ3v) is 4.34. The number of thiophene rings is 1. The van der Waals surface area contributed by atoms with E-state index in [0.29, 0.717) is 4.88 Å². The number of rotatable bonds is 4. The Morgan fingerprint density at radius 3 is 3.00 bits per heavy atom. The van der Waals surface area contributed by atoms with E-state index in [-0.39, 0.29) is 17.0 Å². The highest BCUT2D eigenvalue weighted by atomic mass is 32.1. The fraction of sp³-hybridized carbons (Fsp3) is 0.583. The first-order valence-electron chi connectivity index (χ1n) is 6.33. The highest BCUT2D eigenvalue weighted by molar-refractivity contribution is 7.17. The van der Waals surface area contributed by atoms with E-state index in [1.54, 1.807) is 6.07 Å². The van der Waals surface area contributed by atoms with E-state index < -0.39 is 4.92 Å². The first-order valence-corrected chi connectivity index (χ1v) is 7.15. The average Bonchev–Trinajstić information content (AvgIpc) is 2.89. The zero-order valence-corrected chi connectivity index (χ0v) is 11.6. The molecule has 0 aliphatic carbocycles. The Morgan fingerprint density at radius 1 is 1.58 bits per heavy atom. The number of nitrogens with zero attached hydrogens (tertiary/aromatic N) is 2. The molecule has 0 aromatic carbocycles. The van der Waals surface area contributed by atoms with Crippen LogP contribution < -0.4 is 5.32 Å². The van der Waals surface area contributed by atoms with Gasteiger partial charge in [-0.05, 0) is 32.4 Å². The zero-order valence-electron chi connectivity index (χ0n) is 10.8. The van der Waals surface area contributed by atoms with Crippen molar-refractivity contribution in [2.45, 2.75) is 25.3 Å². The second-order valence-corrected chi connectivity index (χ2v) is 5.66. The van der Waals surface area contributed by atoms with E-state index >= 15 is 0 Å². The summed E-state index contributed by atoms with van der Waals surface area (Å²) < 4.78 is 0. The molecule has 0 spiro atoms. The van der Waals surface area contributed by atoms with Gasteiger partial charge in [0.2, 0.25) is 0 Å². The van der Waals surface area contributed by atoms with Gasteiger partial charge >= 0.3 is 5.00 Å². The minimum absolute atomic E-state index is 0.0190. The fourth-order valence-electron chi connectivity index (χ4n) is 2.40. The Bertz CT molecular complexity index is 473. The van der Waals surface area contributed by atoms with E-state index in [1.165, 1.54) is 6.07 Å². The second kappa shape index (κ2) is 6.12. The Morgan fingerprint density at radius 2 is 2.37 bits per heavy atom. The lowest BCUT2D eigenvalue weighted by molar-refractivity contribution is -0.380. The molecular weight excluding hydrogens is 266 g/mol.